The maximum absolute atomic E-state index is 12.6. The highest BCUT2D eigenvalue weighted by Crippen LogP contribution is 2.12. The van der Waals surface area contributed by atoms with Crippen molar-refractivity contribution in [3.05, 3.63) is 0 Å². The number of nitrogens with zero attached hydrogens (tertiary/aromatic N) is 2. The molecule has 0 aromatic heterocycles. The zero-order valence-corrected chi connectivity index (χ0v) is 15.7. The molecule has 0 aliphatic carbocycles. The summed E-state index contributed by atoms with van der Waals surface area (Å²) in [5.41, 5.74) is 0. The Labute approximate surface area is 143 Å². The Kier molecular flexibility index (Phi) is 10.7. The minimum atomic E-state index is -0.702. The van der Waals surface area contributed by atoms with Gasteiger partial charge in [-0.25, -0.2) is 9.80 Å². The average Bonchev–Trinajstić information content (AvgIpc) is 2.47. The van der Waals surface area contributed by atoms with Gasteiger partial charge in [-0.1, -0.05) is 13.8 Å². The van der Waals surface area contributed by atoms with Crippen LogP contribution in [-0.4, -0.2) is 73.1 Å². The molecule has 2 unspecified atom stereocenters. The molecule has 0 fully saturated rings. The number of hydrogen-bond acceptors (Lipinski definition) is 6. The van der Waals surface area contributed by atoms with Gasteiger partial charge in [0.15, 0.2) is 0 Å². The molecule has 23 heavy (non-hydrogen) atoms. The van der Waals surface area contributed by atoms with Crippen LogP contribution in [0, 0.1) is 5.92 Å². The van der Waals surface area contributed by atoms with Gasteiger partial charge in [-0.05, 0) is 31.3 Å². The van der Waals surface area contributed by atoms with E-state index in [4.69, 9.17) is 4.74 Å². The van der Waals surface area contributed by atoms with E-state index in [1.54, 1.807) is 37.8 Å². The third-order valence-electron chi connectivity index (χ3n) is 3.25. The number of thioether (sulfide) groups is 1. The summed E-state index contributed by atoms with van der Waals surface area (Å²) in [6.45, 7) is 5.69. The summed E-state index contributed by atoms with van der Waals surface area (Å²) in [4.78, 5) is 35.9. The lowest BCUT2D eigenvalue weighted by atomic mass is 10.0. The summed E-state index contributed by atoms with van der Waals surface area (Å²) in [7, 11) is 3.38. The van der Waals surface area contributed by atoms with Crippen LogP contribution in [0.5, 0.6) is 0 Å². The topological polar surface area (TPSA) is 79.0 Å². The van der Waals surface area contributed by atoms with Crippen molar-refractivity contribution >= 4 is 30.0 Å². The van der Waals surface area contributed by atoms with Gasteiger partial charge >= 0.3 is 5.97 Å². The van der Waals surface area contributed by atoms with Crippen LogP contribution in [0.4, 0.5) is 0 Å². The van der Waals surface area contributed by atoms with Crippen molar-refractivity contribution in [2.45, 2.75) is 39.3 Å². The minimum absolute atomic E-state index is 0.106. The second-order valence-electron chi connectivity index (χ2n) is 5.62. The van der Waals surface area contributed by atoms with Crippen molar-refractivity contribution in [1.82, 2.24) is 15.3 Å². The van der Waals surface area contributed by atoms with Crippen molar-refractivity contribution in [3.8, 4) is 0 Å². The molecule has 0 rings (SSSR count). The Bertz CT molecular complexity index is 391. The maximum atomic E-state index is 12.6. The molecule has 0 saturated carbocycles. The Morgan fingerprint density at radius 1 is 1.30 bits per heavy atom. The van der Waals surface area contributed by atoms with E-state index in [2.05, 4.69) is 5.32 Å². The molecule has 8 heteroatoms. The second-order valence-corrected chi connectivity index (χ2v) is 6.60. The Balaban J connectivity index is 5.15. The van der Waals surface area contributed by atoms with E-state index < -0.39 is 18.1 Å². The first-order valence-corrected chi connectivity index (χ1v) is 9.06. The molecule has 0 aromatic carbocycles. The van der Waals surface area contributed by atoms with Gasteiger partial charge < -0.3 is 10.1 Å². The molecular weight excluding hydrogens is 318 g/mol. The zero-order chi connectivity index (χ0) is 18.0. The Morgan fingerprint density at radius 3 is 2.30 bits per heavy atom. The minimum Gasteiger partial charge on any atom is -0.464 e. The first-order valence-electron chi connectivity index (χ1n) is 7.66. The van der Waals surface area contributed by atoms with Crippen molar-refractivity contribution in [2.24, 2.45) is 5.92 Å². The summed E-state index contributed by atoms with van der Waals surface area (Å²) < 4.78 is 5.02. The standard InChI is InChI=1S/C15H29N3O4S/c1-7-22-15(21)12(8-9-23-6)16-14(20)13(11(2)3)18(10-19)17(4)5/h10-13H,7-9H2,1-6H3,(H,16,20). The van der Waals surface area contributed by atoms with Crippen LogP contribution >= 0.6 is 11.8 Å². The summed E-state index contributed by atoms with van der Waals surface area (Å²) in [5, 5.41) is 5.60. The number of hydrazine groups is 1. The highest BCUT2D eigenvalue weighted by atomic mass is 32.2. The van der Waals surface area contributed by atoms with Crippen molar-refractivity contribution < 1.29 is 19.1 Å². The van der Waals surface area contributed by atoms with E-state index in [1.807, 2.05) is 20.1 Å². The monoisotopic (exact) mass is 347 g/mol. The van der Waals surface area contributed by atoms with Crippen LogP contribution in [0.15, 0.2) is 0 Å². The number of rotatable bonds is 11. The van der Waals surface area contributed by atoms with Crippen LogP contribution in [0.2, 0.25) is 0 Å². The number of amides is 2. The molecule has 1 N–H and O–H groups in total. The Morgan fingerprint density at radius 2 is 1.91 bits per heavy atom. The molecule has 0 aromatic rings. The predicted octanol–water partition coefficient (Wildman–Crippen LogP) is 0.747. The number of carbonyl (C=O) groups excluding carboxylic acids is 3. The van der Waals surface area contributed by atoms with Gasteiger partial charge in [-0.15, -0.1) is 0 Å². The summed E-state index contributed by atoms with van der Waals surface area (Å²) >= 11 is 1.59. The largest absolute Gasteiger partial charge is 0.464 e. The molecule has 134 valence electrons. The third kappa shape index (κ3) is 7.22. The van der Waals surface area contributed by atoms with E-state index in [0.717, 1.165) is 5.75 Å². The van der Waals surface area contributed by atoms with E-state index in [-0.39, 0.29) is 18.4 Å². The fourth-order valence-corrected chi connectivity index (χ4v) is 2.59. The number of nitrogens with one attached hydrogen (secondary N) is 1. The quantitative estimate of drug-likeness (QED) is 0.337. The molecule has 0 saturated heterocycles. The molecule has 0 aliphatic rings. The lowest BCUT2D eigenvalue weighted by Crippen LogP contribution is -2.57. The van der Waals surface area contributed by atoms with Gasteiger partial charge in [0.05, 0.1) is 6.61 Å². The molecule has 0 radical (unpaired) electrons. The predicted molar refractivity (Wildman–Crippen MR) is 91.8 cm³/mol. The van der Waals surface area contributed by atoms with E-state index in [9.17, 15) is 14.4 Å². The van der Waals surface area contributed by atoms with E-state index >= 15 is 0 Å². The van der Waals surface area contributed by atoms with Crippen LogP contribution in [0.3, 0.4) is 0 Å². The second kappa shape index (κ2) is 11.3. The average molecular weight is 347 g/mol. The molecule has 0 bridgehead atoms. The zero-order valence-electron chi connectivity index (χ0n) is 14.9. The van der Waals surface area contributed by atoms with Gasteiger partial charge in [0.2, 0.25) is 12.3 Å². The number of esters is 1. The third-order valence-corrected chi connectivity index (χ3v) is 3.90. The first kappa shape index (κ1) is 21.7. The highest BCUT2D eigenvalue weighted by molar-refractivity contribution is 7.98. The van der Waals surface area contributed by atoms with Crippen molar-refractivity contribution in [1.29, 1.82) is 0 Å². The van der Waals surface area contributed by atoms with Crippen molar-refractivity contribution in [2.75, 3.05) is 32.7 Å². The maximum Gasteiger partial charge on any atom is 0.328 e. The highest BCUT2D eigenvalue weighted by Gasteiger charge is 2.32. The number of ether oxygens (including phenoxy) is 1. The van der Waals surface area contributed by atoms with E-state index in [0.29, 0.717) is 12.8 Å². The molecular formula is C15H29N3O4S. The van der Waals surface area contributed by atoms with Gasteiger partial charge in [0.25, 0.3) is 0 Å². The molecule has 0 heterocycles. The summed E-state index contributed by atoms with van der Waals surface area (Å²) in [5.74, 6) is -0.188. The van der Waals surface area contributed by atoms with Gasteiger partial charge in [0, 0.05) is 14.1 Å². The normalized spacial score (nSPS) is 13.6. The lowest BCUT2D eigenvalue weighted by Gasteiger charge is -2.35. The van der Waals surface area contributed by atoms with Gasteiger partial charge in [-0.2, -0.15) is 11.8 Å². The molecule has 2 amide bonds. The van der Waals surface area contributed by atoms with Crippen LogP contribution in [-0.2, 0) is 19.1 Å². The Hall–Kier alpha value is -1.28. The first-order chi connectivity index (χ1) is 10.8. The number of carbonyl (C=O) groups is 3. The van der Waals surface area contributed by atoms with Crippen LogP contribution < -0.4 is 5.32 Å². The lowest BCUT2D eigenvalue weighted by molar-refractivity contribution is -0.152. The summed E-state index contributed by atoms with van der Waals surface area (Å²) in [6, 6.07) is -1.39. The molecule has 2 atom stereocenters. The number of hydrogen-bond donors (Lipinski definition) is 1. The molecule has 7 nitrogen and oxygen atoms in total. The van der Waals surface area contributed by atoms with Gasteiger partial charge in [-0.3, -0.25) is 14.6 Å². The smallest absolute Gasteiger partial charge is 0.328 e. The molecule has 0 aliphatic heterocycles. The SMILES string of the molecule is CCOC(=O)C(CCSC)NC(=O)C(C(C)C)N(C=O)N(C)C. The van der Waals surface area contributed by atoms with E-state index in [1.165, 1.54) is 5.01 Å². The van der Waals surface area contributed by atoms with Crippen LogP contribution in [0.25, 0.3) is 0 Å². The van der Waals surface area contributed by atoms with Gasteiger partial charge in [0.1, 0.15) is 12.1 Å². The summed E-state index contributed by atoms with van der Waals surface area (Å²) in [6.07, 6.45) is 3.03. The molecule has 0 spiro atoms. The fraction of sp³-hybridized carbons (Fsp3) is 0.800. The van der Waals surface area contributed by atoms with Crippen LogP contribution in [0.1, 0.15) is 27.2 Å². The fourth-order valence-electron chi connectivity index (χ4n) is 2.12. The van der Waals surface area contributed by atoms with Crippen molar-refractivity contribution in [3.63, 3.8) is 0 Å².